The number of urea groups is 1. The average Bonchev–Trinajstić information content (AvgIpc) is 2.85. The highest BCUT2D eigenvalue weighted by molar-refractivity contribution is 6.04. The second-order valence-electron chi connectivity index (χ2n) is 7.09. The van der Waals surface area contributed by atoms with Gasteiger partial charge in [-0.2, -0.15) is 0 Å². The lowest BCUT2D eigenvalue weighted by Gasteiger charge is -2.26. The Bertz CT molecular complexity index is 622. The number of imide groups is 1. The van der Waals surface area contributed by atoms with Gasteiger partial charge in [0.15, 0.2) is 0 Å². The molecule has 3 rings (SSSR count). The van der Waals surface area contributed by atoms with Crippen molar-refractivity contribution in [1.82, 2.24) is 9.80 Å². The molecule has 0 aliphatic carbocycles. The third-order valence-corrected chi connectivity index (χ3v) is 4.90. The van der Waals surface area contributed by atoms with Crippen molar-refractivity contribution in [2.45, 2.75) is 51.2 Å². The SMILES string of the molecule is CC(C)c1ccccc1OC[C@@H](O)CN1C(=O)[C@H]2CCCCN2C1=O. The van der Waals surface area contributed by atoms with Gasteiger partial charge in [-0.05, 0) is 36.8 Å². The average molecular weight is 346 g/mol. The Labute approximate surface area is 148 Å². The summed E-state index contributed by atoms with van der Waals surface area (Å²) in [5.74, 6) is 0.852. The summed E-state index contributed by atoms with van der Waals surface area (Å²) in [4.78, 5) is 27.6. The minimum Gasteiger partial charge on any atom is -0.491 e. The van der Waals surface area contributed by atoms with E-state index in [0.29, 0.717) is 12.5 Å². The molecule has 25 heavy (non-hydrogen) atoms. The number of hydrogen-bond acceptors (Lipinski definition) is 4. The van der Waals surface area contributed by atoms with Gasteiger partial charge in [0.2, 0.25) is 0 Å². The quantitative estimate of drug-likeness (QED) is 0.803. The largest absolute Gasteiger partial charge is 0.491 e. The number of carbonyl (C=O) groups is 2. The molecule has 0 saturated carbocycles. The highest BCUT2D eigenvalue weighted by atomic mass is 16.5. The number of carbonyl (C=O) groups excluding carboxylic acids is 2. The van der Waals surface area contributed by atoms with Crippen molar-refractivity contribution in [3.05, 3.63) is 29.8 Å². The van der Waals surface area contributed by atoms with E-state index in [0.717, 1.165) is 30.6 Å². The standard InChI is InChI=1S/C19H26N2O4/c1-13(2)15-7-3-4-9-17(15)25-12-14(22)11-21-18(23)16-8-5-6-10-20(16)19(21)24/h3-4,7,9,13-14,16,22H,5-6,8,10-12H2,1-2H3/t14-,16+/m0/s1. The third kappa shape index (κ3) is 3.63. The molecule has 136 valence electrons. The van der Waals surface area contributed by atoms with Crippen molar-refractivity contribution < 1.29 is 19.4 Å². The number of nitrogens with zero attached hydrogens (tertiary/aromatic N) is 2. The van der Waals surface area contributed by atoms with E-state index in [2.05, 4.69) is 13.8 Å². The predicted octanol–water partition coefficient (Wildman–Crippen LogP) is 2.37. The Hall–Kier alpha value is -2.08. The van der Waals surface area contributed by atoms with Gasteiger partial charge in [0, 0.05) is 6.54 Å². The maximum atomic E-state index is 12.4. The maximum Gasteiger partial charge on any atom is 0.327 e. The number of β-amino-alcohol motifs (C(OH)–C–C–N with tert-alkyl or cyclic N) is 1. The number of amides is 3. The number of benzene rings is 1. The molecule has 1 aromatic rings. The number of aliphatic hydroxyl groups excluding tert-OH is 1. The predicted molar refractivity (Wildman–Crippen MR) is 93.5 cm³/mol. The lowest BCUT2D eigenvalue weighted by Crippen LogP contribution is -2.40. The molecule has 0 unspecified atom stereocenters. The summed E-state index contributed by atoms with van der Waals surface area (Å²) in [5, 5.41) is 10.3. The van der Waals surface area contributed by atoms with Gasteiger partial charge in [0.25, 0.3) is 5.91 Å². The molecule has 0 radical (unpaired) electrons. The monoisotopic (exact) mass is 346 g/mol. The van der Waals surface area contributed by atoms with Crippen LogP contribution in [0, 0.1) is 0 Å². The topological polar surface area (TPSA) is 70.1 Å². The second kappa shape index (κ2) is 7.44. The summed E-state index contributed by atoms with van der Waals surface area (Å²) in [6.45, 7) is 4.81. The van der Waals surface area contributed by atoms with Crippen LogP contribution >= 0.6 is 0 Å². The highest BCUT2D eigenvalue weighted by Crippen LogP contribution is 2.28. The van der Waals surface area contributed by atoms with E-state index in [9.17, 15) is 14.7 Å². The van der Waals surface area contributed by atoms with Gasteiger partial charge < -0.3 is 14.7 Å². The van der Waals surface area contributed by atoms with E-state index >= 15 is 0 Å². The molecule has 1 aromatic carbocycles. The van der Waals surface area contributed by atoms with Gasteiger partial charge in [-0.3, -0.25) is 9.69 Å². The fourth-order valence-corrected chi connectivity index (χ4v) is 3.55. The van der Waals surface area contributed by atoms with Gasteiger partial charge in [-0.1, -0.05) is 32.0 Å². The number of ether oxygens (including phenoxy) is 1. The van der Waals surface area contributed by atoms with E-state index in [1.54, 1.807) is 4.90 Å². The van der Waals surface area contributed by atoms with Crippen molar-refractivity contribution in [2.75, 3.05) is 19.7 Å². The number of hydrogen-bond donors (Lipinski definition) is 1. The molecular formula is C19H26N2O4. The lowest BCUT2D eigenvalue weighted by atomic mass is 10.0. The Morgan fingerprint density at radius 2 is 2.00 bits per heavy atom. The van der Waals surface area contributed by atoms with E-state index in [1.165, 1.54) is 4.90 Å². The molecule has 0 bridgehead atoms. The summed E-state index contributed by atoms with van der Waals surface area (Å²) >= 11 is 0. The zero-order valence-corrected chi connectivity index (χ0v) is 14.9. The summed E-state index contributed by atoms with van der Waals surface area (Å²) in [6.07, 6.45) is 1.71. The van der Waals surface area contributed by atoms with Crippen LogP contribution in [0.3, 0.4) is 0 Å². The Kier molecular flexibility index (Phi) is 5.27. The fourth-order valence-electron chi connectivity index (χ4n) is 3.55. The Balaban J connectivity index is 1.59. The summed E-state index contributed by atoms with van der Waals surface area (Å²) in [5.41, 5.74) is 1.07. The fraction of sp³-hybridized carbons (Fsp3) is 0.579. The minimum atomic E-state index is -0.908. The first kappa shape index (κ1) is 17.7. The maximum absolute atomic E-state index is 12.4. The van der Waals surface area contributed by atoms with E-state index in [-0.39, 0.29) is 31.1 Å². The number of para-hydroxylation sites is 1. The molecule has 6 nitrogen and oxygen atoms in total. The van der Waals surface area contributed by atoms with Crippen LogP contribution in [0.4, 0.5) is 4.79 Å². The Morgan fingerprint density at radius 3 is 2.72 bits per heavy atom. The normalized spacial score (nSPS) is 21.7. The summed E-state index contributed by atoms with van der Waals surface area (Å²) < 4.78 is 5.75. The molecule has 2 aliphatic rings. The van der Waals surface area contributed by atoms with E-state index < -0.39 is 6.10 Å². The zero-order valence-electron chi connectivity index (χ0n) is 14.9. The number of rotatable bonds is 6. The number of piperidine rings is 1. The molecular weight excluding hydrogens is 320 g/mol. The van der Waals surface area contributed by atoms with Crippen LogP contribution in [-0.4, -0.2) is 58.7 Å². The highest BCUT2D eigenvalue weighted by Gasteiger charge is 2.46. The van der Waals surface area contributed by atoms with Gasteiger partial charge in [0.05, 0.1) is 6.54 Å². The first-order chi connectivity index (χ1) is 12.0. The first-order valence-corrected chi connectivity index (χ1v) is 9.00. The third-order valence-electron chi connectivity index (χ3n) is 4.90. The van der Waals surface area contributed by atoms with Crippen molar-refractivity contribution in [2.24, 2.45) is 0 Å². The van der Waals surface area contributed by atoms with Crippen molar-refractivity contribution in [1.29, 1.82) is 0 Å². The molecule has 1 N–H and O–H groups in total. The van der Waals surface area contributed by atoms with Crippen LogP contribution < -0.4 is 4.74 Å². The molecule has 3 amide bonds. The summed E-state index contributed by atoms with van der Waals surface area (Å²) in [7, 11) is 0. The molecule has 0 spiro atoms. The van der Waals surface area contributed by atoms with E-state index in [4.69, 9.17) is 4.74 Å². The van der Waals surface area contributed by atoms with Crippen LogP contribution in [0.2, 0.25) is 0 Å². The Morgan fingerprint density at radius 1 is 1.24 bits per heavy atom. The first-order valence-electron chi connectivity index (χ1n) is 9.00. The molecule has 2 fully saturated rings. The van der Waals surface area contributed by atoms with Crippen LogP contribution in [0.5, 0.6) is 5.75 Å². The van der Waals surface area contributed by atoms with Gasteiger partial charge in [-0.15, -0.1) is 0 Å². The van der Waals surface area contributed by atoms with Crippen LogP contribution in [0.25, 0.3) is 0 Å². The van der Waals surface area contributed by atoms with Crippen LogP contribution in [0.15, 0.2) is 24.3 Å². The number of fused-ring (bicyclic) bond motifs is 1. The van der Waals surface area contributed by atoms with E-state index in [1.807, 2.05) is 24.3 Å². The van der Waals surface area contributed by atoms with Crippen molar-refractivity contribution in [3.63, 3.8) is 0 Å². The van der Waals surface area contributed by atoms with Gasteiger partial charge in [0.1, 0.15) is 24.5 Å². The molecule has 2 saturated heterocycles. The van der Waals surface area contributed by atoms with Crippen molar-refractivity contribution >= 4 is 11.9 Å². The van der Waals surface area contributed by atoms with Crippen LogP contribution in [0.1, 0.15) is 44.6 Å². The van der Waals surface area contributed by atoms with Crippen LogP contribution in [-0.2, 0) is 4.79 Å². The number of aliphatic hydroxyl groups is 1. The van der Waals surface area contributed by atoms with Crippen molar-refractivity contribution in [3.8, 4) is 5.75 Å². The lowest BCUT2D eigenvalue weighted by molar-refractivity contribution is -0.129. The molecule has 2 atom stereocenters. The van der Waals surface area contributed by atoms with Gasteiger partial charge in [-0.25, -0.2) is 4.79 Å². The molecule has 6 heteroatoms. The minimum absolute atomic E-state index is 0.0193. The molecule has 2 aliphatic heterocycles. The van der Waals surface area contributed by atoms with Gasteiger partial charge >= 0.3 is 6.03 Å². The smallest absolute Gasteiger partial charge is 0.327 e. The summed E-state index contributed by atoms with van der Waals surface area (Å²) in [6, 6.07) is 7.09. The second-order valence-corrected chi connectivity index (χ2v) is 7.09. The molecule has 0 aromatic heterocycles. The zero-order chi connectivity index (χ0) is 18.0. The molecule has 2 heterocycles.